The van der Waals surface area contributed by atoms with Crippen LogP contribution in [-0.2, 0) is 13.0 Å². The standard InChI is InChI=1S/C20H21N3O/c1-3-17-19(16-11-7-8-12-22-16)18(20(21)24)14(2)23(17)13-15-9-5-4-6-10-15/h4-12H,3,13H2,1-2H3,(H2,21,24). The van der Waals surface area contributed by atoms with E-state index in [1.54, 1.807) is 6.20 Å². The summed E-state index contributed by atoms with van der Waals surface area (Å²) in [5.74, 6) is -0.408. The van der Waals surface area contributed by atoms with Gasteiger partial charge in [-0.25, -0.2) is 0 Å². The maximum absolute atomic E-state index is 12.1. The number of amides is 1. The van der Waals surface area contributed by atoms with Gasteiger partial charge < -0.3 is 10.3 Å². The van der Waals surface area contributed by atoms with Gasteiger partial charge in [0.2, 0.25) is 0 Å². The van der Waals surface area contributed by atoms with E-state index in [0.29, 0.717) is 12.1 Å². The molecule has 2 aromatic heterocycles. The largest absolute Gasteiger partial charge is 0.366 e. The van der Waals surface area contributed by atoms with Gasteiger partial charge >= 0.3 is 0 Å². The molecule has 0 saturated carbocycles. The smallest absolute Gasteiger partial charge is 0.251 e. The topological polar surface area (TPSA) is 60.9 Å². The third kappa shape index (κ3) is 2.83. The zero-order valence-electron chi connectivity index (χ0n) is 14.0. The zero-order valence-corrected chi connectivity index (χ0v) is 14.0. The molecule has 1 amide bonds. The molecule has 0 atom stereocenters. The SMILES string of the molecule is CCc1c(-c2ccccn2)c(C(N)=O)c(C)n1Cc1ccccc1. The van der Waals surface area contributed by atoms with Crippen molar-refractivity contribution in [2.24, 2.45) is 5.73 Å². The number of carbonyl (C=O) groups is 1. The lowest BCUT2D eigenvalue weighted by atomic mass is 10.0. The molecular weight excluding hydrogens is 298 g/mol. The second-order valence-corrected chi connectivity index (χ2v) is 5.79. The van der Waals surface area contributed by atoms with Crippen LogP contribution in [0.5, 0.6) is 0 Å². The van der Waals surface area contributed by atoms with Crippen LogP contribution in [0, 0.1) is 6.92 Å². The first-order valence-electron chi connectivity index (χ1n) is 8.10. The van der Waals surface area contributed by atoms with Gasteiger partial charge in [-0.15, -0.1) is 0 Å². The number of nitrogens with two attached hydrogens (primary N) is 1. The van der Waals surface area contributed by atoms with Crippen LogP contribution in [0.4, 0.5) is 0 Å². The molecule has 1 aromatic carbocycles. The van der Waals surface area contributed by atoms with Crippen molar-refractivity contribution < 1.29 is 4.79 Å². The van der Waals surface area contributed by atoms with E-state index in [4.69, 9.17) is 5.73 Å². The minimum Gasteiger partial charge on any atom is -0.366 e. The molecule has 3 rings (SSSR count). The summed E-state index contributed by atoms with van der Waals surface area (Å²) in [6.07, 6.45) is 2.54. The van der Waals surface area contributed by atoms with Crippen molar-refractivity contribution in [1.82, 2.24) is 9.55 Å². The molecule has 2 heterocycles. The minimum atomic E-state index is -0.408. The fraction of sp³-hybridized carbons (Fsp3) is 0.200. The van der Waals surface area contributed by atoms with Gasteiger partial charge in [-0.3, -0.25) is 9.78 Å². The number of rotatable bonds is 5. The molecule has 24 heavy (non-hydrogen) atoms. The van der Waals surface area contributed by atoms with Gasteiger partial charge in [-0.05, 0) is 31.0 Å². The second kappa shape index (κ2) is 6.71. The maximum atomic E-state index is 12.1. The third-order valence-electron chi connectivity index (χ3n) is 4.32. The van der Waals surface area contributed by atoms with Crippen molar-refractivity contribution >= 4 is 5.91 Å². The van der Waals surface area contributed by atoms with E-state index in [-0.39, 0.29) is 0 Å². The van der Waals surface area contributed by atoms with Crippen LogP contribution in [0.2, 0.25) is 0 Å². The molecule has 0 fully saturated rings. The van der Waals surface area contributed by atoms with E-state index < -0.39 is 5.91 Å². The highest BCUT2D eigenvalue weighted by molar-refractivity contribution is 6.01. The average molecular weight is 319 g/mol. The van der Waals surface area contributed by atoms with E-state index in [1.807, 2.05) is 43.3 Å². The van der Waals surface area contributed by atoms with E-state index >= 15 is 0 Å². The van der Waals surface area contributed by atoms with Gasteiger partial charge in [0, 0.05) is 29.7 Å². The summed E-state index contributed by atoms with van der Waals surface area (Å²) < 4.78 is 2.18. The molecule has 4 heteroatoms. The summed E-state index contributed by atoms with van der Waals surface area (Å²) in [5, 5.41) is 0. The molecule has 0 aliphatic rings. The molecule has 0 aliphatic heterocycles. The van der Waals surface area contributed by atoms with Crippen molar-refractivity contribution in [2.45, 2.75) is 26.8 Å². The summed E-state index contributed by atoms with van der Waals surface area (Å²) in [5.41, 5.74) is 11.1. The molecule has 0 aliphatic carbocycles. The summed E-state index contributed by atoms with van der Waals surface area (Å²) >= 11 is 0. The normalized spacial score (nSPS) is 10.8. The Bertz CT molecular complexity index is 852. The van der Waals surface area contributed by atoms with E-state index in [0.717, 1.165) is 29.1 Å². The molecular formula is C20H21N3O. The number of hydrogen-bond donors (Lipinski definition) is 1. The lowest BCUT2D eigenvalue weighted by molar-refractivity contribution is 0.1000. The Morgan fingerprint density at radius 1 is 1.12 bits per heavy atom. The first-order valence-corrected chi connectivity index (χ1v) is 8.10. The number of nitrogens with zero attached hydrogens (tertiary/aromatic N) is 2. The van der Waals surface area contributed by atoms with Gasteiger partial charge in [-0.1, -0.05) is 43.3 Å². The summed E-state index contributed by atoms with van der Waals surface area (Å²) in [6.45, 7) is 4.76. The van der Waals surface area contributed by atoms with E-state index in [1.165, 1.54) is 5.56 Å². The summed E-state index contributed by atoms with van der Waals surface area (Å²) in [7, 11) is 0. The Balaban J connectivity index is 2.22. The number of hydrogen-bond acceptors (Lipinski definition) is 2. The van der Waals surface area contributed by atoms with Gasteiger partial charge in [0.15, 0.2) is 0 Å². The Hall–Kier alpha value is -2.88. The van der Waals surface area contributed by atoms with Gasteiger partial charge in [0.1, 0.15) is 0 Å². The van der Waals surface area contributed by atoms with Crippen LogP contribution in [0.3, 0.4) is 0 Å². The Morgan fingerprint density at radius 3 is 2.42 bits per heavy atom. The lowest BCUT2D eigenvalue weighted by Gasteiger charge is -2.12. The predicted molar refractivity (Wildman–Crippen MR) is 95.8 cm³/mol. The number of primary amides is 1. The molecule has 0 spiro atoms. The monoisotopic (exact) mass is 319 g/mol. The first kappa shape index (κ1) is 16.0. The maximum Gasteiger partial charge on any atom is 0.251 e. The molecule has 0 saturated heterocycles. The Morgan fingerprint density at radius 2 is 1.83 bits per heavy atom. The molecule has 2 N–H and O–H groups in total. The van der Waals surface area contributed by atoms with Crippen LogP contribution < -0.4 is 5.73 Å². The van der Waals surface area contributed by atoms with E-state index in [2.05, 4.69) is 28.6 Å². The van der Waals surface area contributed by atoms with Crippen LogP contribution in [0.15, 0.2) is 54.7 Å². The van der Waals surface area contributed by atoms with Crippen molar-refractivity contribution in [3.8, 4) is 11.3 Å². The summed E-state index contributed by atoms with van der Waals surface area (Å²) in [6, 6.07) is 15.9. The van der Waals surface area contributed by atoms with Crippen LogP contribution in [0.25, 0.3) is 11.3 Å². The summed E-state index contributed by atoms with van der Waals surface area (Å²) in [4.78, 5) is 16.6. The van der Waals surface area contributed by atoms with E-state index in [9.17, 15) is 4.79 Å². The van der Waals surface area contributed by atoms with Crippen molar-refractivity contribution in [1.29, 1.82) is 0 Å². The quantitative estimate of drug-likeness (QED) is 0.781. The van der Waals surface area contributed by atoms with Crippen molar-refractivity contribution in [3.05, 3.63) is 77.2 Å². The van der Waals surface area contributed by atoms with Crippen molar-refractivity contribution in [2.75, 3.05) is 0 Å². The molecule has 0 unspecified atom stereocenters. The Kier molecular flexibility index (Phi) is 4.47. The zero-order chi connectivity index (χ0) is 17.1. The van der Waals surface area contributed by atoms with Gasteiger partial charge in [0.05, 0.1) is 11.3 Å². The van der Waals surface area contributed by atoms with Gasteiger partial charge in [0.25, 0.3) is 5.91 Å². The molecule has 122 valence electrons. The molecule has 0 bridgehead atoms. The molecule has 3 aromatic rings. The number of carbonyl (C=O) groups excluding carboxylic acids is 1. The highest BCUT2D eigenvalue weighted by Crippen LogP contribution is 2.32. The molecule has 0 radical (unpaired) electrons. The average Bonchev–Trinajstić information content (AvgIpc) is 2.89. The van der Waals surface area contributed by atoms with Crippen LogP contribution >= 0.6 is 0 Å². The second-order valence-electron chi connectivity index (χ2n) is 5.79. The molecule has 4 nitrogen and oxygen atoms in total. The third-order valence-corrected chi connectivity index (χ3v) is 4.32. The highest BCUT2D eigenvalue weighted by atomic mass is 16.1. The number of benzene rings is 1. The fourth-order valence-corrected chi connectivity index (χ4v) is 3.23. The fourth-order valence-electron chi connectivity index (χ4n) is 3.23. The van der Waals surface area contributed by atoms with Gasteiger partial charge in [-0.2, -0.15) is 0 Å². The predicted octanol–water partition coefficient (Wildman–Crippen LogP) is 3.57. The Labute approximate surface area is 142 Å². The minimum absolute atomic E-state index is 0.408. The first-order chi connectivity index (χ1) is 11.6. The number of aromatic nitrogens is 2. The number of pyridine rings is 1. The van der Waals surface area contributed by atoms with Crippen LogP contribution in [-0.4, -0.2) is 15.5 Å². The van der Waals surface area contributed by atoms with Crippen molar-refractivity contribution in [3.63, 3.8) is 0 Å². The lowest BCUT2D eigenvalue weighted by Crippen LogP contribution is -2.13. The highest BCUT2D eigenvalue weighted by Gasteiger charge is 2.24. The van der Waals surface area contributed by atoms with Crippen LogP contribution in [0.1, 0.15) is 34.2 Å².